The number of hydrogen-bond donors (Lipinski definition) is 1. The number of aromatic nitrogens is 1. The van der Waals surface area contributed by atoms with Crippen LogP contribution in [0.5, 0.6) is 0 Å². The Balaban J connectivity index is 3.06. The molecule has 1 rings (SSSR count). The predicted octanol–water partition coefficient (Wildman–Crippen LogP) is 0.633. The Hall–Kier alpha value is -1.69. The fraction of sp³-hybridized carbons (Fsp3) is 0.364. The lowest BCUT2D eigenvalue weighted by Crippen LogP contribution is -2.29. The molecule has 0 aliphatic carbocycles. The number of nitrogens with zero attached hydrogens (tertiary/aromatic N) is 2. The maximum atomic E-state index is 11.2. The molecule has 5 nitrogen and oxygen atoms in total. The lowest BCUT2D eigenvalue weighted by molar-refractivity contribution is -0.138. The minimum absolute atomic E-state index is 0.0998. The van der Waals surface area contributed by atoms with E-state index in [2.05, 4.69) is 9.72 Å². The van der Waals surface area contributed by atoms with Gasteiger partial charge in [-0.1, -0.05) is 12.2 Å². The molecule has 0 aliphatic heterocycles. The Morgan fingerprint density at radius 1 is 1.59 bits per heavy atom. The fourth-order valence-electron chi connectivity index (χ4n) is 1.36. The Labute approximate surface area is 106 Å². The average Bonchev–Trinajstić information content (AvgIpc) is 2.28. The Morgan fingerprint density at radius 2 is 2.24 bits per heavy atom. The summed E-state index contributed by atoms with van der Waals surface area (Å²) in [5.41, 5.74) is 7.09. The Kier molecular flexibility index (Phi) is 4.39. The highest BCUT2D eigenvalue weighted by molar-refractivity contribution is 7.80. The highest BCUT2D eigenvalue weighted by atomic mass is 32.1. The van der Waals surface area contributed by atoms with E-state index in [1.54, 1.807) is 18.0 Å². The van der Waals surface area contributed by atoms with Crippen molar-refractivity contribution in [1.29, 1.82) is 0 Å². The van der Waals surface area contributed by atoms with Crippen LogP contribution < -0.4 is 10.6 Å². The number of methoxy groups -OCH3 is 1. The molecule has 2 N–H and O–H groups in total. The van der Waals surface area contributed by atoms with E-state index in [1.165, 1.54) is 7.11 Å². The number of thiocarbonyl (C=S) groups is 1. The van der Waals surface area contributed by atoms with Crippen molar-refractivity contribution in [3.8, 4) is 0 Å². The summed E-state index contributed by atoms with van der Waals surface area (Å²) in [4.78, 5) is 17.5. The van der Waals surface area contributed by atoms with Gasteiger partial charge >= 0.3 is 5.97 Å². The van der Waals surface area contributed by atoms with Gasteiger partial charge in [-0.15, -0.1) is 0 Å². The van der Waals surface area contributed by atoms with Crippen molar-refractivity contribution < 1.29 is 9.53 Å². The minimum Gasteiger partial charge on any atom is -0.468 e. The van der Waals surface area contributed by atoms with Crippen molar-refractivity contribution >= 4 is 29.0 Å². The van der Waals surface area contributed by atoms with Gasteiger partial charge in [0.25, 0.3) is 0 Å². The lowest BCUT2D eigenvalue weighted by Gasteiger charge is -2.19. The number of nitrogens with two attached hydrogens (primary N) is 1. The molecule has 0 aromatic carbocycles. The topological polar surface area (TPSA) is 68.5 Å². The highest BCUT2D eigenvalue weighted by Gasteiger charge is 2.14. The summed E-state index contributed by atoms with van der Waals surface area (Å²) in [5.74, 6) is 0.243. The summed E-state index contributed by atoms with van der Waals surface area (Å²) in [6.45, 7) is 1.96. The van der Waals surface area contributed by atoms with E-state index in [-0.39, 0.29) is 17.5 Å². The lowest BCUT2D eigenvalue weighted by atomic mass is 10.2. The SMILES string of the molecule is COC(=O)CN(C)c1nc(C)ccc1C(N)=S. The standard InChI is InChI=1S/C11H15N3O2S/c1-7-4-5-8(10(12)17)11(13-7)14(2)6-9(15)16-3/h4-5H,6H2,1-3H3,(H2,12,17). The number of rotatable bonds is 4. The third-order valence-corrected chi connectivity index (χ3v) is 2.46. The number of ether oxygens (including phenoxy) is 1. The van der Waals surface area contributed by atoms with E-state index in [1.807, 2.05) is 13.0 Å². The van der Waals surface area contributed by atoms with Crippen molar-refractivity contribution in [2.75, 3.05) is 25.6 Å². The van der Waals surface area contributed by atoms with Crippen LogP contribution in [0.25, 0.3) is 0 Å². The van der Waals surface area contributed by atoms with Crippen molar-refractivity contribution in [2.45, 2.75) is 6.92 Å². The van der Waals surface area contributed by atoms with E-state index in [4.69, 9.17) is 18.0 Å². The van der Waals surface area contributed by atoms with E-state index in [9.17, 15) is 4.79 Å². The molecule has 1 aromatic rings. The maximum Gasteiger partial charge on any atom is 0.325 e. The van der Waals surface area contributed by atoms with Crippen LogP contribution in [0.15, 0.2) is 12.1 Å². The van der Waals surface area contributed by atoms with Crippen LogP contribution >= 0.6 is 12.2 Å². The molecular formula is C11H15N3O2S. The second kappa shape index (κ2) is 5.58. The van der Waals surface area contributed by atoms with E-state index in [0.29, 0.717) is 11.4 Å². The molecule has 17 heavy (non-hydrogen) atoms. The molecule has 6 heteroatoms. The first-order chi connectivity index (χ1) is 7.95. The van der Waals surface area contributed by atoms with Gasteiger partial charge in [-0.25, -0.2) is 4.98 Å². The first-order valence-corrected chi connectivity index (χ1v) is 5.42. The van der Waals surface area contributed by atoms with Crippen LogP contribution in [0.4, 0.5) is 5.82 Å². The molecule has 92 valence electrons. The zero-order valence-electron chi connectivity index (χ0n) is 10.1. The molecule has 0 spiro atoms. The van der Waals surface area contributed by atoms with Gasteiger partial charge in [0.15, 0.2) is 0 Å². The van der Waals surface area contributed by atoms with E-state index < -0.39 is 0 Å². The number of aryl methyl sites for hydroxylation is 1. The molecule has 1 heterocycles. The molecule has 0 unspecified atom stereocenters. The number of esters is 1. The van der Waals surface area contributed by atoms with Gasteiger partial charge in [0, 0.05) is 12.7 Å². The summed E-state index contributed by atoms with van der Waals surface area (Å²) in [5, 5.41) is 0. The molecule has 0 saturated carbocycles. The van der Waals surface area contributed by atoms with Gasteiger partial charge in [-0.2, -0.15) is 0 Å². The number of pyridine rings is 1. The van der Waals surface area contributed by atoms with Crippen molar-refractivity contribution in [3.63, 3.8) is 0 Å². The highest BCUT2D eigenvalue weighted by Crippen LogP contribution is 2.17. The van der Waals surface area contributed by atoms with Crippen LogP contribution in [0.1, 0.15) is 11.3 Å². The maximum absolute atomic E-state index is 11.2. The van der Waals surface area contributed by atoms with Gasteiger partial charge in [0.2, 0.25) is 0 Å². The Bertz CT molecular complexity index is 448. The summed E-state index contributed by atoms with van der Waals surface area (Å²) >= 11 is 4.95. The van der Waals surface area contributed by atoms with Crippen molar-refractivity contribution in [2.24, 2.45) is 5.73 Å². The molecule has 0 amide bonds. The van der Waals surface area contributed by atoms with Crippen molar-refractivity contribution in [1.82, 2.24) is 4.98 Å². The Morgan fingerprint density at radius 3 is 2.76 bits per heavy atom. The van der Waals surface area contributed by atoms with E-state index >= 15 is 0 Å². The van der Waals surface area contributed by atoms with Crippen molar-refractivity contribution in [3.05, 3.63) is 23.4 Å². The molecule has 0 atom stereocenters. The summed E-state index contributed by atoms with van der Waals surface area (Å²) in [7, 11) is 3.08. The van der Waals surface area contributed by atoms with Crippen LogP contribution in [0.2, 0.25) is 0 Å². The third-order valence-electron chi connectivity index (χ3n) is 2.24. The third kappa shape index (κ3) is 3.39. The van der Waals surface area contributed by atoms with E-state index in [0.717, 1.165) is 5.69 Å². The normalized spacial score (nSPS) is 9.82. The summed E-state index contributed by atoms with van der Waals surface area (Å²) in [6.07, 6.45) is 0. The molecule has 0 fully saturated rings. The van der Waals surface area contributed by atoms with Gasteiger partial charge < -0.3 is 15.4 Å². The minimum atomic E-state index is -0.343. The molecule has 0 radical (unpaired) electrons. The van der Waals surface area contributed by atoms with Gasteiger partial charge in [-0.05, 0) is 19.1 Å². The molecule has 0 bridgehead atoms. The first-order valence-electron chi connectivity index (χ1n) is 5.01. The molecule has 0 saturated heterocycles. The van der Waals surface area contributed by atoms with Crippen LogP contribution in [-0.4, -0.2) is 36.6 Å². The van der Waals surface area contributed by atoms with Crippen LogP contribution in [0.3, 0.4) is 0 Å². The molecule has 1 aromatic heterocycles. The number of carbonyl (C=O) groups excluding carboxylic acids is 1. The number of hydrogen-bond acceptors (Lipinski definition) is 5. The van der Waals surface area contributed by atoms with Gasteiger partial charge in [0.05, 0.1) is 12.7 Å². The fourth-order valence-corrected chi connectivity index (χ4v) is 1.52. The molecular weight excluding hydrogens is 238 g/mol. The predicted molar refractivity (Wildman–Crippen MR) is 70.1 cm³/mol. The molecule has 0 aliphatic rings. The van der Waals surface area contributed by atoms with Gasteiger partial charge in [-0.3, -0.25) is 4.79 Å². The summed E-state index contributed by atoms with van der Waals surface area (Å²) in [6, 6.07) is 3.62. The number of carbonyl (C=O) groups is 1. The quantitative estimate of drug-likeness (QED) is 0.627. The van der Waals surface area contributed by atoms with Crippen LogP contribution in [-0.2, 0) is 9.53 Å². The first kappa shape index (κ1) is 13.4. The second-order valence-corrected chi connectivity index (χ2v) is 4.06. The number of anilines is 1. The number of likely N-dealkylation sites (N-methyl/N-ethyl adjacent to an activating group) is 1. The summed E-state index contributed by atoms with van der Waals surface area (Å²) < 4.78 is 4.60. The monoisotopic (exact) mass is 253 g/mol. The largest absolute Gasteiger partial charge is 0.468 e. The second-order valence-electron chi connectivity index (χ2n) is 3.62. The van der Waals surface area contributed by atoms with Gasteiger partial charge in [0.1, 0.15) is 17.4 Å². The zero-order chi connectivity index (χ0) is 13.0. The average molecular weight is 253 g/mol. The smallest absolute Gasteiger partial charge is 0.325 e. The zero-order valence-corrected chi connectivity index (χ0v) is 10.9. The van der Waals surface area contributed by atoms with Crippen LogP contribution in [0, 0.1) is 6.92 Å².